The van der Waals surface area contributed by atoms with Gasteiger partial charge < -0.3 is 5.11 Å². The fraction of sp³-hybridized carbons (Fsp3) is 0. The van der Waals surface area contributed by atoms with Crippen LogP contribution in [0.5, 0.6) is 5.75 Å². The molecule has 0 heterocycles. The van der Waals surface area contributed by atoms with Crippen LogP contribution in [0.3, 0.4) is 0 Å². The van der Waals surface area contributed by atoms with Crippen LogP contribution in [0.25, 0.3) is 0 Å². The molecule has 0 aromatic heterocycles. The summed E-state index contributed by atoms with van der Waals surface area (Å²) in [6.07, 6.45) is 0. The van der Waals surface area contributed by atoms with Crippen molar-refractivity contribution >= 4 is 18.4 Å². The Balaban J connectivity index is 2.42. The number of benzene rings is 2. The molecule has 2 rings (SSSR count). The van der Waals surface area contributed by atoms with Crippen molar-refractivity contribution in [2.45, 2.75) is 4.90 Å². The largest absolute Gasteiger partial charge is 0.508 e. The van der Waals surface area contributed by atoms with Gasteiger partial charge >= 0.3 is 0 Å². The number of thiol groups is 1. The quantitative estimate of drug-likeness (QED) is 0.615. The molecule has 0 radical (unpaired) electrons. The molecule has 16 heavy (non-hydrogen) atoms. The van der Waals surface area contributed by atoms with Crippen molar-refractivity contribution in [1.82, 2.24) is 0 Å². The van der Waals surface area contributed by atoms with Gasteiger partial charge in [0.2, 0.25) is 0 Å². The molecule has 0 aliphatic heterocycles. The summed E-state index contributed by atoms with van der Waals surface area (Å²) in [6, 6.07) is 13.5. The normalized spacial score (nSPS) is 10.1. The van der Waals surface area contributed by atoms with Crippen molar-refractivity contribution in [1.29, 1.82) is 0 Å². The number of phenolic OH excluding ortho intramolecular Hbond substituents is 1. The summed E-state index contributed by atoms with van der Waals surface area (Å²) in [4.78, 5) is 12.5. The Morgan fingerprint density at radius 3 is 2.38 bits per heavy atom. The minimum Gasteiger partial charge on any atom is -0.508 e. The molecule has 1 N–H and O–H groups in total. The van der Waals surface area contributed by atoms with Crippen LogP contribution in [0.15, 0.2) is 53.4 Å². The predicted molar refractivity (Wildman–Crippen MR) is 65.2 cm³/mol. The van der Waals surface area contributed by atoms with Crippen molar-refractivity contribution in [2.75, 3.05) is 0 Å². The number of rotatable bonds is 2. The predicted octanol–water partition coefficient (Wildman–Crippen LogP) is 2.91. The topological polar surface area (TPSA) is 37.3 Å². The molecule has 3 heteroatoms. The second-order valence-electron chi connectivity index (χ2n) is 3.40. The maximum atomic E-state index is 12.0. The van der Waals surface area contributed by atoms with Gasteiger partial charge in [0.15, 0.2) is 5.78 Å². The third-order valence-corrected chi connectivity index (χ3v) is 2.63. The molecule has 0 atom stereocenters. The smallest absolute Gasteiger partial charge is 0.194 e. The van der Waals surface area contributed by atoms with E-state index in [0.29, 0.717) is 16.0 Å². The lowest BCUT2D eigenvalue weighted by Crippen LogP contribution is -2.01. The van der Waals surface area contributed by atoms with Crippen LogP contribution in [-0.2, 0) is 0 Å². The average molecular weight is 230 g/mol. The van der Waals surface area contributed by atoms with E-state index in [1.807, 2.05) is 18.2 Å². The monoisotopic (exact) mass is 230 g/mol. The van der Waals surface area contributed by atoms with Crippen molar-refractivity contribution in [3.8, 4) is 5.75 Å². The van der Waals surface area contributed by atoms with E-state index in [2.05, 4.69) is 12.6 Å². The summed E-state index contributed by atoms with van der Waals surface area (Å²) in [6.45, 7) is 0. The van der Waals surface area contributed by atoms with Crippen molar-refractivity contribution in [3.63, 3.8) is 0 Å². The van der Waals surface area contributed by atoms with E-state index >= 15 is 0 Å². The first kappa shape index (κ1) is 10.8. The lowest BCUT2D eigenvalue weighted by atomic mass is 10.0. The van der Waals surface area contributed by atoms with Gasteiger partial charge in [-0.15, -0.1) is 12.6 Å². The second kappa shape index (κ2) is 4.41. The molecule has 80 valence electrons. The van der Waals surface area contributed by atoms with Gasteiger partial charge in [0, 0.05) is 16.0 Å². The molecule has 2 aromatic rings. The van der Waals surface area contributed by atoms with Gasteiger partial charge in [-0.2, -0.15) is 0 Å². The number of carbonyl (C=O) groups is 1. The van der Waals surface area contributed by atoms with E-state index in [-0.39, 0.29) is 11.5 Å². The summed E-state index contributed by atoms with van der Waals surface area (Å²) < 4.78 is 0. The van der Waals surface area contributed by atoms with E-state index in [1.54, 1.807) is 18.2 Å². The molecule has 0 aliphatic carbocycles. The zero-order valence-corrected chi connectivity index (χ0v) is 9.32. The van der Waals surface area contributed by atoms with Crippen LogP contribution in [0.1, 0.15) is 15.9 Å². The summed E-state index contributed by atoms with van der Waals surface area (Å²) in [5.74, 6) is 0.0141. The van der Waals surface area contributed by atoms with E-state index in [9.17, 15) is 9.90 Å². The highest BCUT2D eigenvalue weighted by molar-refractivity contribution is 7.80. The van der Waals surface area contributed by atoms with Crippen LogP contribution >= 0.6 is 12.6 Å². The fourth-order valence-electron chi connectivity index (χ4n) is 1.46. The molecule has 0 unspecified atom stereocenters. The maximum absolute atomic E-state index is 12.0. The van der Waals surface area contributed by atoms with Gasteiger partial charge in [-0.3, -0.25) is 4.79 Å². The van der Waals surface area contributed by atoms with Gasteiger partial charge in [-0.1, -0.05) is 30.3 Å². The molecule has 0 spiro atoms. The minimum absolute atomic E-state index is 0.0920. The Bertz CT molecular complexity index is 521. The number of hydrogen-bond acceptors (Lipinski definition) is 3. The number of phenols is 1. The SMILES string of the molecule is O=C(c1ccccc1)c1ccc(O)cc1S. The summed E-state index contributed by atoms with van der Waals surface area (Å²) in [5.41, 5.74) is 1.11. The Kier molecular flexibility index (Phi) is 2.97. The van der Waals surface area contributed by atoms with Crippen LogP contribution in [-0.4, -0.2) is 10.9 Å². The van der Waals surface area contributed by atoms with Crippen molar-refractivity contribution in [2.24, 2.45) is 0 Å². The molecular weight excluding hydrogens is 220 g/mol. The van der Waals surface area contributed by atoms with E-state index in [0.717, 1.165) is 0 Å². The molecule has 0 saturated carbocycles. The molecule has 0 fully saturated rings. The Labute approximate surface area is 99.0 Å². The van der Waals surface area contributed by atoms with Crippen LogP contribution in [0, 0.1) is 0 Å². The zero-order chi connectivity index (χ0) is 11.5. The fourth-order valence-corrected chi connectivity index (χ4v) is 1.77. The highest BCUT2D eigenvalue weighted by Gasteiger charge is 2.11. The maximum Gasteiger partial charge on any atom is 0.194 e. The highest BCUT2D eigenvalue weighted by Crippen LogP contribution is 2.22. The molecule has 2 nitrogen and oxygen atoms in total. The minimum atomic E-state index is -0.0920. The highest BCUT2D eigenvalue weighted by atomic mass is 32.1. The Morgan fingerprint density at radius 1 is 1.06 bits per heavy atom. The van der Waals surface area contributed by atoms with E-state index in [4.69, 9.17) is 0 Å². The van der Waals surface area contributed by atoms with Crippen LogP contribution in [0.4, 0.5) is 0 Å². The second-order valence-corrected chi connectivity index (χ2v) is 3.88. The number of aromatic hydroxyl groups is 1. The molecule has 0 saturated heterocycles. The van der Waals surface area contributed by atoms with E-state index < -0.39 is 0 Å². The van der Waals surface area contributed by atoms with E-state index in [1.165, 1.54) is 12.1 Å². The van der Waals surface area contributed by atoms with Crippen LogP contribution < -0.4 is 0 Å². The standard InChI is InChI=1S/C13H10O2S/c14-10-6-7-11(12(16)8-10)13(15)9-4-2-1-3-5-9/h1-8,14,16H. The molecule has 0 bridgehead atoms. The molecule has 0 aliphatic rings. The molecule has 0 amide bonds. The first-order chi connectivity index (χ1) is 7.68. The number of hydrogen-bond donors (Lipinski definition) is 2. The third-order valence-electron chi connectivity index (χ3n) is 2.26. The summed E-state index contributed by atoms with van der Waals surface area (Å²) in [5, 5.41) is 9.23. The zero-order valence-electron chi connectivity index (χ0n) is 8.42. The first-order valence-corrected chi connectivity index (χ1v) is 5.25. The molecular formula is C13H10O2S. The number of ketones is 1. The van der Waals surface area contributed by atoms with Gasteiger partial charge in [-0.25, -0.2) is 0 Å². The lowest BCUT2D eigenvalue weighted by molar-refractivity contribution is 0.103. The lowest BCUT2D eigenvalue weighted by Gasteiger charge is -2.04. The Hall–Kier alpha value is -1.74. The van der Waals surface area contributed by atoms with Gasteiger partial charge in [-0.05, 0) is 18.2 Å². The van der Waals surface area contributed by atoms with Crippen LogP contribution in [0.2, 0.25) is 0 Å². The van der Waals surface area contributed by atoms with Crippen molar-refractivity contribution < 1.29 is 9.90 Å². The van der Waals surface area contributed by atoms with Gasteiger partial charge in [0.05, 0.1) is 0 Å². The molecule has 2 aromatic carbocycles. The first-order valence-electron chi connectivity index (χ1n) is 4.80. The summed E-state index contributed by atoms with van der Waals surface area (Å²) >= 11 is 4.18. The van der Waals surface area contributed by atoms with Gasteiger partial charge in [0.1, 0.15) is 5.75 Å². The average Bonchev–Trinajstić information content (AvgIpc) is 2.29. The van der Waals surface area contributed by atoms with Gasteiger partial charge in [0.25, 0.3) is 0 Å². The Morgan fingerprint density at radius 2 is 1.75 bits per heavy atom. The van der Waals surface area contributed by atoms with Crippen molar-refractivity contribution in [3.05, 3.63) is 59.7 Å². The summed E-state index contributed by atoms with van der Waals surface area (Å²) in [7, 11) is 0. The third kappa shape index (κ3) is 2.09. The number of carbonyl (C=O) groups excluding carboxylic acids is 1.